The van der Waals surface area contributed by atoms with Crippen LogP contribution in [0.1, 0.15) is 39.8 Å². The van der Waals surface area contributed by atoms with E-state index in [1.54, 1.807) is 6.92 Å². The molecule has 1 atom stereocenters. The first-order chi connectivity index (χ1) is 9.74. The molecule has 0 amide bonds. The Morgan fingerprint density at radius 2 is 2.05 bits per heavy atom. The smallest absolute Gasteiger partial charge is 0.392 e. The number of ketones is 1. The molecular weight excluding hydrogens is 291 g/mol. The number of Topliss-reactive ketones (excluding diaryl/α,β-unsaturated/α-hetero) is 1. The van der Waals surface area contributed by atoms with Gasteiger partial charge in [-0.25, -0.2) is 4.79 Å². The minimum atomic E-state index is -4.51. The van der Waals surface area contributed by atoms with Crippen LogP contribution in [0.2, 0.25) is 0 Å². The molecule has 0 saturated heterocycles. The molecule has 1 aromatic rings. The van der Waals surface area contributed by atoms with E-state index in [1.165, 1.54) is 0 Å². The quantitative estimate of drug-likeness (QED) is 0.846. The van der Waals surface area contributed by atoms with Crippen molar-refractivity contribution in [3.05, 3.63) is 33.2 Å². The van der Waals surface area contributed by atoms with Gasteiger partial charge in [0.2, 0.25) is 0 Å². The highest BCUT2D eigenvalue weighted by Crippen LogP contribution is 2.36. The monoisotopic (exact) mass is 303 g/mol. The fraction of sp³-hybridized carbons (Fsp3) is 0.462. The number of pyridine rings is 1. The zero-order chi connectivity index (χ0) is 15.8. The number of aromatic nitrogens is 1. The second-order valence-electron chi connectivity index (χ2n) is 4.69. The predicted octanol–water partition coefficient (Wildman–Crippen LogP) is 1.86. The first-order valence-corrected chi connectivity index (χ1v) is 6.27. The molecule has 0 saturated carbocycles. The number of nitrogens with one attached hydrogen (secondary N) is 1. The molecule has 8 heteroatoms. The van der Waals surface area contributed by atoms with Crippen LogP contribution >= 0.6 is 0 Å². The van der Waals surface area contributed by atoms with Gasteiger partial charge in [0.1, 0.15) is 5.56 Å². The summed E-state index contributed by atoms with van der Waals surface area (Å²) in [6.07, 6.45) is -5.68. The SMILES string of the molecule is CCOC(=O)c1cc2c([nH]c1=O)CC(C(F)(F)F)CC2=O. The summed E-state index contributed by atoms with van der Waals surface area (Å²) >= 11 is 0. The maximum Gasteiger partial charge on any atom is 0.392 e. The van der Waals surface area contributed by atoms with E-state index in [0.717, 1.165) is 6.07 Å². The number of aromatic amines is 1. The minimum absolute atomic E-state index is 0.0411. The molecule has 1 unspecified atom stereocenters. The Balaban J connectivity index is 2.43. The lowest BCUT2D eigenvalue weighted by Crippen LogP contribution is -2.34. The summed E-state index contributed by atoms with van der Waals surface area (Å²) in [5.41, 5.74) is -1.39. The minimum Gasteiger partial charge on any atom is -0.462 e. The molecule has 0 spiro atoms. The lowest BCUT2D eigenvalue weighted by atomic mass is 9.85. The van der Waals surface area contributed by atoms with Gasteiger partial charge in [-0.2, -0.15) is 13.2 Å². The number of fused-ring (bicyclic) bond motifs is 1. The van der Waals surface area contributed by atoms with E-state index < -0.39 is 42.2 Å². The third-order valence-corrected chi connectivity index (χ3v) is 3.26. The van der Waals surface area contributed by atoms with Gasteiger partial charge in [-0.1, -0.05) is 0 Å². The molecular formula is C13H12F3NO4. The number of halogens is 3. The molecule has 1 aliphatic rings. The van der Waals surface area contributed by atoms with Crippen LogP contribution < -0.4 is 5.56 Å². The largest absolute Gasteiger partial charge is 0.462 e. The van der Waals surface area contributed by atoms with Crippen molar-refractivity contribution in [2.45, 2.75) is 25.9 Å². The molecule has 5 nitrogen and oxygen atoms in total. The van der Waals surface area contributed by atoms with Crippen LogP contribution in [-0.4, -0.2) is 29.5 Å². The normalized spacial score (nSPS) is 18.3. The molecule has 1 heterocycles. The van der Waals surface area contributed by atoms with E-state index in [1.807, 2.05) is 0 Å². The molecule has 2 rings (SSSR count). The average molecular weight is 303 g/mol. The van der Waals surface area contributed by atoms with Gasteiger partial charge in [0.15, 0.2) is 5.78 Å². The van der Waals surface area contributed by atoms with Crippen molar-refractivity contribution in [3.63, 3.8) is 0 Å². The molecule has 114 valence electrons. The van der Waals surface area contributed by atoms with Crippen LogP contribution in [0.3, 0.4) is 0 Å². The summed E-state index contributed by atoms with van der Waals surface area (Å²) in [5.74, 6) is -3.48. The van der Waals surface area contributed by atoms with Gasteiger partial charge in [-0.15, -0.1) is 0 Å². The average Bonchev–Trinajstić information content (AvgIpc) is 2.36. The molecule has 0 fully saturated rings. The number of carbonyl (C=O) groups excluding carboxylic acids is 2. The van der Waals surface area contributed by atoms with Crippen molar-refractivity contribution in [3.8, 4) is 0 Å². The fourth-order valence-electron chi connectivity index (χ4n) is 2.22. The van der Waals surface area contributed by atoms with E-state index in [9.17, 15) is 27.6 Å². The molecule has 0 radical (unpaired) electrons. The second-order valence-corrected chi connectivity index (χ2v) is 4.69. The van der Waals surface area contributed by atoms with Crippen LogP contribution in [0.4, 0.5) is 13.2 Å². The fourth-order valence-corrected chi connectivity index (χ4v) is 2.22. The van der Waals surface area contributed by atoms with Crippen LogP contribution in [0.25, 0.3) is 0 Å². The number of alkyl halides is 3. The highest BCUT2D eigenvalue weighted by Gasteiger charge is 2.44. The lowest BCUT2D eigenvalue weighted by molar-refractivity contribution is -0.174. The van der Waals surface area contributed by atoms with Gasteiger partial charge in [0.05, 0.1) is 12.5 Å². The van der Waals surface area contributed by atoms with E-state index in [0.29, 0.717) is 0 Å². The van der Waals surface area contributed by atoms with Crippen molar-refractivity contribution in [2.75, 3.05) is 6.61 Å². The van der Waals surface area contributed by atoms with Gasteiger partial charge >= 0.3 is 12.1 Å². The molecule has 1 aliphatic carbocycles. The zero-order valence-corrected chi connectivity index (χ0v) is 11.0. The zero-order valence-electron chi connectivity index (χ0n) is 11.0. The van der Waals surface area contributed by atoms with Crippen LogP contribution in [0.15, 0.2) is 10.9 Å². The summed E-state index contributed by atoms with van der Waals surface area (Å²) in [5, 5.41) is 0. The molecule has 0 aromatic carbocycles. The number of ether oxygens (including phenoxy) is 1. The van der Waals surface area contributed by atoms with Gasteiger partial charge < -0.3 is 9.72 Å². The molecule has 0 aliphatic heterocycles. The van der Waals surface area contributed by atoms with Crippen molar-refractivity contribution < 1.29 is 27.5 Å². The van der Waals surface area contributed by atoms with Crippen molar-refractivity contribution in [1.29, 1.82) is 0 Å². The van der Waals surface area contributed by atoms with Crippen molar-refractivity contribution in [1.82, 2.24) is 4.98 Å². The van der Waals surface area contributed by atoms with Gasteiger partial charge in [-0.05, 0) is 13.0 Å². The van der Waals surface area contributed by atoms with E-state index in [4.69, 9.17) is 0 Å². The second kappa shape index (κ2) is 5.34. The third kappa shape index (κ3) is 2.98. The maximum atomic E-state index is 12.7. The van der Waals surface area contributed by atoms with E-state index in [2.05, 4.69) is 9.72 Å². The number of esters is 1. The first-order valence-electron chi connectivity index (χ1n) is 6.27. The molecule has 0 bridgehead atoms. The molecule has 1 aromatic heterocycles. The van der Waals surface area contributed by atoms with Gasteiger partial charge in [0.25, 0.3) is 5.56 Å². The summed E-state index contributed by atoms with van der Waals surface area (Å²) in [4.78, 5) is 37.3. The summed E-state index contributed by atoms with van der Waals surface area (Å²) in [7, 11) is 0. The van der Waals surface area contributed by atoms with Crippen molar-refractivity contribution in [2.24, 2.45) is 5.92 Å². The Hall–Kier alpha value is -2.12. The Morgan fingerprint density at radius 1 is 1.38 bits per heavy atom. The Kier molecular flexibility index (Phi) is 3.89. The number of hydrogen-bond acceptors (Lipinski definition) is 4. The number of rotatable bonds is 2. The standard InChI is InChI=1S/C13H12F3NO4/c1-2-21-12(20)8-5-7-9(17-11(8)19)3-6(4-10(7)18)13(14,15)16/h5-6H,2-4H2,1H3,(H,17,19). The molecule has 21 heavy (non-hydrogen) atoms. The highest BCUT2D eigenvalue weighted by molar-refractivity contribution is 6.00. The van der Waals surface area contributed by atoms with Gasteiger partial charge in [-0.3, -0.25) is 9.59 Å². The topological polar surface area (TPSA) is 76.2 Å². The Bertz CT molecular complexity index is 648. The molecule has 1 N–H and O–H groups in total. The third-order valence-electron chi connectivity index (χ3n) is 3.26. The van der Waals surface area contributed by atoms with Crippen molar-refractivity contribution >= 4 is 11.8 Å². The van der Waals surface area contributed by atoms with Crippen LogP contribution in [0, 0.1) is 5.92 Å². The predicted molar refractivity (Wildman–Crippen MR) is 65.2 cm³/mol. The Labute approximate surface area is 117 Å². The number of carbonyl (C=O) groups is 2. The van der Waals surface area contributed by atoms with Crippen LogP contribution in [0.5, 0.6) is 0 Å². The number of hydrogen-bond donors (Lipinski definition) is 1. The van der Waals surface area contributed by atoms with Crippen LogP contribution in [-0.2, 0) is 11.2 Å². The number of H-pyrrole nitrogens is 1. The highest BCUT2D eigenvalue weighted by atomic mass is 19.4. The Morgan fingerprint density at radius 3 is 2.62 bits per heavy atom. The summed E-state index contributed by atoms with van der Waals surface area (Å²) in [6.45, 7) is 1.59. The van der Waals surface area contributed by atoms with E-state index in [-0.39, 0.29) is 23.4 Å². The summed E-state index contributed by atoms with van der Waals surface area (Å²) in [6, 6.07) is 1.01. The van der Waals surface area contributed by atoms with E-state index >= 15 is 0 Å². The first kappa shape index (κ1) is 15.3. The lowest BCUT2D eigenvalue weighted by Gasteiger charge is -2.25. The maximum absolute atomic E-state index is 12.7. The van der Waals surface area contributed by atoms with Gasteiger partial charge in [0, 0.05) is 24.1 Å². The summed E-state index contributed by atoms with van der Waals surface area (Å²) < 4.78 is 42.8.